The van der Waals surface area contributed by atoms with Gasteiger partial charge >= 0.3 is 0 Å². The van der Waals surface area contributed by atoms with Crippen molar-refractivity contribution in [3.05, 3.63) is 255 Å². The molecule has 0 aliphatic heterocycles. The maximum absolute atomic E-state index is 2.43. The molecule has 356 valence electrons. The second kappa shape index (κ2) is 17.5. The summed E-state index contributed by atoms with van der Waals surface area (Å²) in [5.74, 6) is 0. The Balaban J connectivity index is 0.816. The van der Waals surface area contributed by atoms with Crippen LogP contribution in [0.3, 0.4) is 0 Å². The van der Waals surface area contributed by atoms with Crippen molar-refractivity contribution in [3.63, 3.8) is 0 Å². The molecule has 0 bridgehead atoms. The van der Waals surface area contributed by atoms with E-state index in [1.165, 1.54) is 114 Å². The zero-order valence-corrected chi connectivity index (χ0v) is 44.0. The zero-order valence-electron chi connectivity index (χ0n) is 40.8. The van der Waals surface area contributed by atoms with Crippen LogP contribution in [0.25, 0.3) is 114 Å². The third-order valence-electron chi connectivity index (χ3n) is 15.3. The highest BCUT2D eigenvalue weighted by molar-refractivity contribution is 7.27. The average Bonchev–Trinajstić information content (AvgIpc) is 4.33. The molecule has 0 saturated carbocycles. The van der Waals surface area contributed by atoms with Crippen molar-refractivity contribution in [2.75, 3.05) is 9.80 Å². The van der Waals surface area contributed by atoms with Gasteiger partial charge in [-0.25, -0.2) is 0 Å². The normalized spacial score (nSPS) is 11.9. The van der Waals surface area contributed by atoms with Crippen LogP contribution < -0.4 is 9.80 Å². The minimum absolute atomic E-state index is 1.13. The van der Waals surface area contributed by atoms with Crippen LogP contribution in [0.2, 0.25) is 0 Å². The van der Waals surface area contributed by atoms with E-state index < -0.39 is 0 Å². The van der Waals surface area contributed by atoms with Gasteiger partial charge in [-0.15, -0.1) is 45.3 Å². The first-order valence-electron chi connectivity index (χ1n) is 25.6. The third-order valence-corrected chi connectivity index (χ3v) is 19.8. The Morgan fingerprint density at radius 3 is 0.947 bits per heavy atom. The Kier molecular flexibility index (Phi) is 10.1. The van der Waals surface area contributed by atoms with Crippen LogP contribution in [-0.2, 0) is 0 Å². The molecule has 0 fully saturated rings. The highest BCUT2D eigenvalue weighted by Gasteiger charge is 2.21. The van der Waals surface area contributed by atoms with Gasteiger partial charge < -0.3 is 9.80 Å². The minimum atomic E-state index is 1.13. The van der Waals surface area contributed by atoms with E-state index in [1.807, 2.05) is 45.3 Å². The second-order valence-electron chi connectivity index (χ2n) is 19.6. The molecule has 0 saturated heterocycles. The number of anilines is 6. The summed E-state index contributed by atoms with van der Waals surface area (Å²) in [6.45, 7) is 0. The molecule has 76 heavy (non-hydrogen) atoms. The predicted molar refractivity (Wildman–Crippen MR) is 336 cm³/mol. The van der Waals surface area contributed by atoms with Gasteiger partial charge in [0.15, 0.2) is 0 Å². The fourth-order valence-electron chi connectivity index (χ4n) is 11.7. The van der Waals surface area contributed by atoms with Gasteiger partial charge in [0.25, 0.3) is 0 Å². The third kappa shape index (κ3) is 7.10. The smallest absolute Gasteiger partial charge is 0.0476 e. The highest BCUT2D eigenvalue weighted by Crippen LogP contribution is 2.49. The Hall–Kier alpha value is -8.62. The largest absolute Gasteiger partial charge is 0.310 e. The molecule has 0 aliphatic carbocycles. The van der Waals surface area contributed by atoms with Gasteiger partial charge in [-0.2, -0.15) is 0 Å². The lowest BCUT2D eigenvalue weighted by atomic mass is 9.99. The number of fused-ring (bicyclic) bond motifs is 15. The van der Waals surface area contributed by atoms with Crippen LogP contribution in [0.5, 0.6) is 0 Å². The van der Waals surface area contributed by atoms with E-state index in [2.05, 4.69) is 265 Å². The fraction of sp³-hybridized carbons (Fsp3) is 0. The van der Waals surface area contributed by atoms with Crippen molar-refractivity contribution in [2.45, 2.75) is 0 Å². The monoisotopic (exact) mass is 1040 g/mol. The van der Waals surface area contributed by atoms with Gasteiger partial charge in [0, 0.05) is 115 Å². The molecule has 12 aromatic carbocycles. The van der Waals surface area contributed by atoms with Crippen molar-refractivity contribution in [2.24, 2.45) is 0 Å². The Morgan fingerprint density at radius 1 is 0.184 bits per heavy atom. The highest BCUT2D eigenvalue weighted by atomic mass is 32.1. The number of hydrogen-bond donors (Lipinski definition) is 0. The topological polar surface area (TPSA) is 6.48 Å². The molecular weight excluding hydrogens is 997 g/mol. The summed E-state index contributed by atoms with van der Waals surface area (Å²) in [6.07, 6.45) is 0. The van der Waals surface area contributed by atoms with E-state index in [9.17, 15) is 0 Å². The number of thiophene rings is 4. The van der Waals surface area contributed by atoms with Crippen molar-refractivity contribution in [1.82, 2.24) is 0 Å². The molecule has 0 atom stereocenters. The number of nitrogens with zero attached hydrogens (tertiary/aromatic N) is 2. The lowest BCUT2D eigenvalue weighted by molar-refractivity contribution is 1.30. The fourth-order valence-corrected chi connectivity index (χ4v) is 16.2. The molecule has 0 radical (unpaired) electrons. The van der Waals surface area contributed by atoms with Crippen LogP contribution in [0.4, 0.5) is 34.1 Å². The molecule has 16 rings (SSSR count). The van der Waals surface area contributed by atoms with Crippen LogP contribution >= 0.6 is 45.3 Å². The maximum atomic E-state index is 2.43. The van der Waals surface area contributed by atoms with Gasteiger partial charge in [-0.05, 0) is 142 Å². The molecule has 0 amide bonds. The lowest BCUT2D eigenvalue weighted by Gasteiger charge is -2.26. The van der Waals surface area contributed by atoms with E-state index >= 15 is 0 Å². The average molecular weight is 1040 g/mol. The summed E-state index contributed by atoms with van der Waals surface area (Å²) < 4.78 is 10.4. The van der Waals surface area contributed by atoms with Gasteiger partial charge in [-0.1, -0.05) is 146 Å². The molecule has 2 nitrogen and oxygen atoms in total. The predicted octanol–water partition coefficient (Wildman–Crippen LogP) is 22.6. The first kappa shape index (κ1) is 43.7. The second-order valence-corrected chi connectivity index (χ2v) is 23.9. The molecule has 0 unspecified atom stereocenters. The van der Waals surface area contributed by atoms with Crippen molar-refractivity contribution in [3.8, 4) is 22.3 Å². The summed E-state index contributed by atoms with van der Waals surface area (Å²) >= 11 is 7.50. The van der Waals surface area contributed by atoms with Crippen molar-refractivity contribution >= 4 is 171 Å². The van der Waals surface area contributed by atoms with E-state index in [-0.39, 0.29) is 0 Å². The SMILES string of the molecule is c1ccc(-c2ccc(N(c3ccc4c(c3)sc3ccc5c(ccc6sc7cc(N(c8ccc(-c9ccccc9)cc8)c8ccc9sc%10ccccc%10c9c8)ccc7c65)c34)c3ccc4sc5ccccc5c4c3)cc2)cc1. The first-order valence-corrected chi connectivity index (χ1v) is 28.9. The molecule has 16 aromatic rings. The summed E-state index contributed by atoms with van der Waals surface area (Å²) in [6, 6.07) is 94.6. The van der Waals surface area contributed by atoms with E-state index in [1.54, 1.807) is 0 Å². The quantitative estimate of drug-likeness (QED) is 0.150. The minimum Gasteiger partial charge on any atom is -0.310 e. The molecule has 0 spiro atoms. The van der Waals surface area contributed by atoms with E-state index in [0.29, 0.717) is 0 Å². The Labute approximate surface area is 454 Å². The summed E-state index contributed by atoms with van der Waals surface area (Å²) in [5.41, 5.74) is 11.7. The summed E-state index contributed by atoms with van der Waals surface area (Å²) in [5, 5.41) is 13.0. The van der Waals surface area contributed by atoms with E-state index in [4.69, 9.17) is 0 Å². The molecular formula is C70H42N2S4. The standard InChI is InChI=1S/C70H42N2S4/c1-3-11-43(12-4-1)45-19-23-47(24-20-45)71(49-29-35-63-59(39-49)53-15-7-9-17-61(53)73-63)51-27-31-57-67(41-51)75-65-37-33-56-55(69(57)65)34-38-66-70(56)58-32-28-52(42-68(58)76-66)72(48-25-21-46(22-26-48)44-13-5-2-6-14-44)50-30-36-64-60(40-50)54-16-8-10-18-62(54)74-64/h1-42H. The van der Waals surface area contributed by atoms with Gasteiger partial charge in [-0.3, -0.25) is 0 Å². The van der Waals surface area contributed by atoms with Crippen molar-refractivity contribution < 1.29 is 0 Å². The molecule has 0 N–H and O–H groups in total. The number of rotatable bonds is 8. The van der Waals surface area contributed by atoms with Gasteiger partial charge in [0.1, 0.15) is 0 Å². The van der Waals surface area contributed by atoms with Gasteiger partial charge in [0.05, 0.1) is 0 Å². The summed E-state index contributed by atoms with van der Waals surface area (Å²) in [7, 11) is 0. The lowest BCUT2D eigenvalue weighted by Crippen LogP contribution is -2.09. The van der Waals surface area contributed by atoms with E-state index in [0.717, 1.165) is 34.1 Å². The van der Waals surface area contributed by atoms with Crippen LogP contribution in [0, 0.1) is 0 Å². The zero-order chi connectivity index (χ0) is 49.8. The maximum Gasteiger partial charge on any atom is 0.0476 e. The number of benzene rings is 12. The molecule has 6 heteroatoms. The van der Waals surface area contributed by atoms with Crippen molar-refractivity contribution in [1.29, 1.82) is 0 Å². The van der Waals surface area contributed by atoms with Gasteiger partial charge in [0.2, 0.25) is 0 Å². The first-order chi connectivity index (χ1) is 37.6. The van der Waals surface area contributed by atoms with Crippen LogP contribution in [0.1, 0.15) is 0 Å². The molecule has 0 aliphatic rings. The van der Waals surface area contributed by atoms with Crippen LogP contribution in [0.15, 0.2) is 255 Å². The van der Waals surface area contributed by atoms with Crippen LogP contribution in [-0.4, -0.2) is 0 Å². The molecule has 4 heterocycles. The number of hydrogen-bond acceptors (Lipinski definition) is 6. The Bertz CT molecular complexity index is 4620. The molecule has 4 aromatic heterocycles. The Morgan fingerprint density at radius 2 is 0.500 bits per heavy atom. The summed E-state index contributed by atoms with van der Waals surface area (Å²) in [4.78, 5) is 4.86.